The highest BCUT2D eigenvalue weighted by atomic mass is 27.1. The number of aliphatic hydroxyl groups excluding tert-OH is 1. The number of aliphatic hydroxyl groups is 1. The molecule has 0 aliphatic rings. The van der Waals surface area contributed by atoms with E-state index in [0.29, 0.717) is 6.61 Å². The standard InChI is InChI=1S/C2H5O.C2H5.Al.H/c1-2-3;1-2;;/h3H,1-2H2;1H2,2H3;;. The summed E-state index contributed by atoms with van der Waals surface area (Å²) in [6.07, 6.45) is 0. The van der Waals surface area contributed by atoms with E-state index in [1.54, 1.807) is 0 Å². The molecule has 0 rings (SSSR count). The van der Waals surface area contributed by atoms with E-state index in [2.05, 4.69) is 6.92 Å². The molecule has 0 aromatic carbocycles. The van der Waals surface area contributed by atoms with Crippen LogP contribution in [0.3, 0.4) is 0 Å². The zero-order chi connectivity index (χ0) is 4.83. The topological polar surface area (TPSA) is 20.2 Å². The third kappa shape index (κ3) is 4.49. The highest BCUT2D eigenvalue weighted by Crippen LogP contribution is 1.78. The fraction of sp³-hybridized carbons (Fsp3) is 1.00. The van der Waals surface area contributed by atoms with E-state index in [-0.39, 0.29) is 15.2 Å². The van der Waals surface area contributed by atoms with Gasteiger partial charge in [0.05, 0.1) is 0 Å². The van der Waals surface area contributed by atoms with Crippen LogP contribution in [0.4, 0.5) is 0 Å². The van der Waals surface area contributed by atoms with Crippen molar-refractivity contribution in [2.24, 2.45) is 0 Å². The minimum Gasteiger partial charge on any atom is -0.398 e. The summed E-state index contributed by atoms with van der Waals surface area (Å²) in [4.78, 5) is 0. The van der Waals surface area contributed by atoms with Gasteiger partial charge in [-0.15, -0.1) is 0 Å². The maximum atomic E-state index is 8.23. The summed E-state index contributed by atoms with van der Waals surface area (Å²) in [7, 11) is 0. The first kappa shape index (κ1) is 6.49. The molecule has 6 heavy (non-hydrogen) atoms. The van der Waals surface area contributed by atoms with Crippen molar-refractivity contribution in [3.63, 3.8) is 0 Å². The second-order valence-electron chi connectivity index (χ2n) is 1.43. The quantitative estimate of drug-likeness (QED) is 0.400. The number of rotatable bonds is 3. The highest BCUT2D eigenvalue weighted by molar-refractivity contribution is 6.35. The summed E-state index contributed by atoms with van der Waals surface area (Å²) >= 11 is 0.172. The van der Waals surface area contributed by atoms with Crippen molar-refractivity contribution in [1.82, 2.24) is 0 Å². The molecule has 0 saturated carbocycles. The summed E-state index contributed by atoms with van der Waals surface area (Å²) in [5.41, 5.74) is 0. The lowest BCUT2D eigenvalue weighted by Crippen LogP contribution is -1.88. The number of hydrogen-bond acceptors (Lipinski definition) is 1. The van der Waals surface area contributed by atoms with Crippen LogP contribution in [0.25, 0.3) is 0 Å². The molecule has 0 spiro atoms. The van der Waals surface area contributed by atoms with Crippen LogP contribution in [-0.4, -0.2) is 26.9 Å². The first-order chi connectivity index (χ1) is 2.91. The average molecular weight is 102 g/mol. The van der Waals surface area contributed by atoms with Gasteiger partial charge < -0.3 is 5.11 Å². The fourth-order valence-electron chi connectivity index (χ4n) is 0.362. The molecule has 0 atom stereocenters. The largest absolute Gasteiger partial charge is 0.398 e. The lowest BCUT2D eigenvalue weighted by Gasteiger charge is -1.81. The monoisotopic (exact) mass is 102 g/mol. The third-order valence-electron chi connectivity index (χ3n) is 0.762. The van der Waals surface area contributed by atoms with Gasteiger partial charge in [0.1, 0.15) is 0 Å². The summed E-state index contributed by atoms with van der Waals surface area (Å²) in [5.74, 6) is 0. The fourth-order valence-corrected chi connectivity index (χ4v) is 1.09. The van der Waals surface area contributed by atoms with Gasteiger partial charge in [0.25, 0.3) is 0 Å². The Kier molecular flexibility index (Phi) is 5.94. The van der Waals surface area contributed by atoms with Crippen LogP contribution in [0.5, 0.6) is 0 Å². The second-order valence-corrected chi connectivity index (χ2v) is 3.84. The predicted molar refractivity (Wildman–Crippen MR) is 29.5 cm³/mol. The SMILES string of the molecule is C[CH2][AlH][CH2]CO. The Morgan fingerprint density at radius 1 is 1.67 bits per heavy atom. The Balaban J connectivity index is 2.34. The van der Waals surface area contributed by atoms with Crippen LogP contribution in [0.2, 0.25) is 10.6 Å². The number of hydrogen-bond donors (Lipinski definition) is 1. The molecule has 36 valence electrons. The highest BCUT2D eigenvalue weighted by Gasteiger charge is 1.83. The first-order valence-electron chi connectivity index (χ1n) is 2.52. The lowest BCUT2D eigenvalue weighted by atomic mass is 10.9. The first-order valence-corrected chi connectivity index (χ1v) is 4.52. The molecule has 0 aliphatic carbocycles. The molecule has 0 unspecified atom stereocenters. The van der Waals surface area contributed by atoms with Crippen molar-refractivity contribution in [3.05, 3.63) is 0 Å². The van der Waals surface area contributed by atoms with E-state index in [0.717, 1.165) is 5.28 Å². The molecule has 0 aromatic heterocycles. The normalized spacial score (nSPS) is 8.33. The smallest absolute Gasteiger partial charge is 0.240 e. The van der Waals surface area contributed by atoms with Gasteiger partial charge >= 0.3 is 0 Å². The van der Waals surface area contributed by atoms with Crippen molar-refractivity contribution in [2.45, 2.75) is 17.5 Å². The van der Waals surface area contributed by atoms with Gasteiger partial charge in [-0.2, -0.15) is 0 Å². The van der Waals surface area contributed by atoms with Crippen molar-refractivity contribution >= 4 is 15.2 Å². The molecule has 1 nitrogen and oxygen atoms in total. The molecule has 0 saturated heterocycles. The van der Waals surface area contributed by atoms with Gasteiger partial charge in [-0.1, -0.05) is 17.5 Å². The van der Waals surface area contributed by atoms with Crippen LogP contribution in [0, 0.1) is 0 Å². The van der Waals surface area contributed by atoms with Gasteiger partial charge in [-0.25, -0.2) is 0 Å². The van der Waals surface area contributed by atoms with Gasteiger partial charge in [0, 0.05) is 6.61 Å². The van der Waals surface area contributed by atoms with Crippen molar-refractivity contribution in [3.8, 4) is 0 Å². The third-order valence-corrected chi connectivity index (χ3v) is 2.29. The summed E-state index contributed by atoms with van der Waals surface area (Å²) in [5, 5.41) is 10.7. The Morgan fingerprint density at radius 3 is 2.50 bits per heavy atom. The Morgan fingerprint density at radius 2 is 2.33 bits per heavy atom. The van der Waals surface area contributed by atoms with Crippen LogP contribution in [0.15, 0.2) is 0 Å². The predicted octanol–water partition coefficient (Wildman–Crippen LogP) is 0.272. The van der Waals surface area contributed by atoms with Gasteiger partial charge in [0.15, 0.2) is 0 Å². The van der Waals surface area contributed by atoms with Gasteiger partial charge in [-0.3, -0.25) is 0 Å². The van der Waals surface area contributed by atoms with Crippen LogP contribution >= 0.6 is 0 Å². The molecule has 2 heteroatoms. The van der Waals surface area contributed by atoms with Crippen molar-refractivity contribution in [2.75, 3.05) is 6.61 Å². The molecule has 0 radical (unpaired) electrons. The Bertz CT molecular complexity index is 19.5. The van der Waals surface area contributed by atoms with E-state index in [9.17, 15) is 0 Å². The summed E-state index contributed by atoms with van der Waals surface area (Å²) in [6.45, 7) is 2.60. The second kappa shape index (κ2) is 5.49. The minimum absolute atomic E-state index is 0.172. The minimum atomic E-state index is 0.172. The van der Waals surface area contributed by atoms with Crippen LogP contribution in [-0.2, 0) is 0 Å². The van der Waals surface area contributed by atoms with E-state index < -0.39 is 0 Å². The Labute approximate surface area is 45.1 Å². The molecular weight excluding hydrogens is 91.0 g/mol. The van der Waals surface area contributed by atoms with E-state index in [1.165, 1.54) is 5.28 Å². The van der Waals surface area contributed by atoms with E-state index >= 15 is 0 Å². The van der Waals surface area contributed by atoms with Gasteiger partial charge in [-0.05, 0) is 0 Å². The maximum Gasteiger partial charge on any atom is 0.240 e. The summed E-state index contributed by atoms with van der Waals surface area (Å²) < 4.78 is 0. The molecule has 1 N–H and O–H groups in total. The molecule has 0 aliphatic heterocycles. The molecular formula is C4H11AlO. The maximum absolute atomic E-state index is 8.23. The van der Waals surface area contributed by atoms with Crippen molar-refractivity contribution in [1.29, 1.82) is 0 Å². The van der Waals surface area contributed by atoms with Crippen LogP contribution < -0.4 is 0 Å². The zero-order valence-electron chi connectivity index (χ0n) is 4.28. The van der Waals surface area contributed by atoms with E-state index in [1.807, 2.05) is 0 Å². The van der Waals surface area contributed by atoms with E-state index in [4.69, 9.17) is 5.11 Å². The lowest BCUT2D eigenvalue weighted by molar-refractivity contribution is 0.318. The van der Waals surface area contributed by atoms with Crippen molar-refractivity contribution < 1.29 is 5.11 Å². The average Bonchev–Trinajstić information content (AvgIpc) is 1.61. The molecule has 0 heterocycles. The molecule has 0 fully saturated rings. The van der Waals surface area contributed by atoms with Gasteiger partial charge in [0.2, 0.25) is 15.2 Å². The molecule has 0 bridgehead atoms. The van der Waals surface area contributed by atoms with Crippen LogP contribution in [0.1, 0.15) is 6.92 Å². The zero-order valence-corrected chi connectivity index (χ0v) is 5.69. The summed E-state index contributed by atoms with van der Waals surface area (Å²) in [6, 6.07) is 0. The molecule has 0 aromatic rings. The molecule has 0 amide bonds. The Hall–Kier alpha value is 0.492.